The molecular formula is C61H115NO5. The number of aliphatic hydroxyl groups is 2. The van der Waals surface area contributed by atoms with Gasteiger partial charge >= 0.3 is 5.97 Å². The van der Waals surface area contributed by atoms with Gasteiger partial charge in [-0.25, -0.2) is 0 Å². The van der Waals surface area contributed by atoms with Gasteiger partial charge in [-0.15, -0.1) is 0 Å². The lowest BCUT2D eigenvalue weighted by molar-refractivity contribution is -0.143. The van der Waals surface area contributed by atoms with Crippen LogP contribution in [0.4, 0.5) is 0 Å². The zero-order valence-electron chi connectivity index (χ0n) is 44.9. The number of aliphatic hydroxyl groups excluding tert-OH is 2. The first-order valence-corrected chi connectivity index (χ1v) is 29.7. The van der Waals surface area contributed by atoms with Gasteiger partial charge in [-0.1, -0.05) is 262 Å². The van der Waals surface area contributed by atoms with E-state index < -0.39 is 12.1 Å². The predicted octanol–water partition coefficient (Wildman–Crippen LogP) is 18.4. The third-order valence-electron chi connectivity index (χ3n) is 13.7. The number of unbranched alkanes of at least 4 members (excludes halogenated alkanes) is 38. The number of rotatable bonds is 55. The van der Waals surface area contributed by atoms with Gasteiger partial charge in [0.15, 0.2) is 0 Å². The minimum Gasteiger partial charge on any atom is -0.466 e. The third kappa shape index (κ3) is 53.3. The molecule has 0 aliphatic carbocycles. The molecule has 0 aromatic rings. The van der Waals surface area contributed by atoms with Crippen LogP contribution in [-0.2, 0) is 14.3 Å². The van der Waals surface area contributed by atoms with Gasteiger partial charge in [-0.05, 0) is 77.0 Å². The summed E-state index contributed by atoms with van der Waals surface area (Å²) >= 11 is 0. The molecule has 0 aromatic heterocycles. The summed E-state index contributed by atoms with van der Waals surface area (Å²) < 4.78 is 5.46. The number of hydrogen-bond acceptors (Lipinski definition) is 5. The highest BCUT2D eigenvalue weighted by Crippen LogP contribution is 2.17. The number of nitrogens with one attached hydrogen (secondary N) is 1. The summed E-state index contributed by atoms with van der Waals surface area (Å²) in [6.07, 6.45) is 70.0. The Kier molecular flexibility index (Phi) is 55.0. The van der Waals surface area contributed by atoms with Crippen molar-refractivity contribution in [1.82, 2.24) is 5.32 Å². The topological polar surface area (TPSA) is 95.9 Å². The first-order chi connectivity index (χ1) is 33.0. The average molecular weight is 943 g/mol. The molecule has 67 heavy (non-hydrogen) atoms. The molecule has 2 unspecified atom stereocenters. The normalized spacial score (nSPS) is 12.8. The number of amides is 1. The van der Waals surface area contributed by atoms with Gasteiger partial charge in [-0.2, -0.15) is 0 Å². The molecule has 0 rings (SSSR count). The summed E-state index contributed by atoms with van der Waals surface area (Å²) in [6, 6.07) is -0.581. The van der Waals surface area contributed by atoms with E-state index in [4.69, 9.17) is 4.74 Å². The van der Waals surface area contributed by atoms with Gasteiger partial charge in [0.1, 0.15) is 0 Å². The van der Waals surface area contributed by atoms with Crippen molar-refractivity contribution in [3.8, 4) is 0 Å². The van der Waals surface area contributed by atoms with Crippen LogP contribution in [0.25, 0.3) is 0 Å². The SMILES string of the molecule is CCCCC/C=C\C/C=C\CCCCCCCCCCCC(=O)OCCCCCC/C=C\CCCC(=O)NC(CO)C(O)CCCCCCCCCCCCCCCCCCCCCCCC. The van der Waals surface area contributed by atoms with Crippen LogP contribution >= 0.6 is 0 Å². The number of allylic oxidation sites excluding steroid dienone is 6. The maximum Gasteiger partial charge on any atom is 0.305 e. The van der Waals surface area contributed by atoms with Crippen molar-refractivity contribution in [2.75, 3.05) is 13.2 Å². The summed E-state index contributed by atoms with van der Waals surface area (Å²) in [4.78, 5) is 24.6. The number of esters is 1. The van der Waals surface area contributed by atoms with Gasteiger partial charge in [-0.3, -0.25) is 9.59 Å². The second-order valence-corrected chi connectivity index (χ2v) is 20.3. The molecular weight excluding hydrogens is 827 g/mol. The van der Waals surface area contributed by atoms with Gasteiger partial charge in [0.05, 0.1) is 25.4 Å². The van der Waals surface area contributed by atoms with Gasteiger partial charge in [0.2, 0.25) is 5.91 Å². The summed E-state index contributed by atoms with van der Waals surface area (Å²) in [7, 11) is 0. The van der Waals surface area contributed by atoms with Crippen molar-refractivity contribution in [3.63, 3.8) is 0 Å². The monoisotopic (exact) mass is 942 g/mol. The minimum absolute atomic E-state index is 0.0387. The van der Waals surface area contributed by atoms with Crippen molar-refractivity contribution in [2.45, 2.75) is 328 Å². The third-order valence-corrected chi connectivity index (χ3v) is 13.7. The summed E-state index contributed by atoms with van der Waals surface area (Å²) in [6.45, 7) is 4.85. The molecule has 0 aromatic carbocycles. The molecule has 0 aliphatic rings. The molecule has 0 saturated heterocycles. The van der Waals surface area contributed by atoms with E-state index in [0.717, 1.165) is 77.0 Å². The highest BCUT2D eigenvalue weighted by atomic mass is 16.5. The van der Waals surface area contributed by atoms with Crippen molar-refractivity contribution >= 4 is 11.9 Å². The Morgan fingerprint density at radius 1 is 0.418 bits per heavy atom. The standard InChI is InChI=1S/C61H115NO5/c1-3-5-7-9-11-13-15-17-19-21-23-24-25-27-28-30-32-34-37-41-45-49-53-59(64)58(57-63)62-60(65)54-50-46-42-38-36-40-44-48-52-56-67-61(66)55-51-47-43-39-35-33-31-29-26-22-20-18-16-14-12-10-8-6-4-2/h12,14,18,20,38,42,58-59,63-64H,3-11,13,15-17,19,21-37,39-41,43-57H2,1-2H3,(H,62,65)/b14-12-,20-18-,42-38-. The van der Waals surface area contributed by atoms with Gasteiger partial charge in [0, 0.05) is 12.8 Å². The minimum atomic E-state index is -0.697. The highest BCUT2D eigenvalue weighted by Gasteiger charge is 2.20. The van der Waals surface area contributed by atoms with Crippen LogP contribution in [0.3, 0.4) is 0 Å². The van der Waals surface area contributed by atoms with Crippen molar-refractivity contribution in [2.24, 2.45) is 0 Å². The van der Waals surface area contributed by atoms with Gasteiger partial charge in [0.25, 0.3) is 0 Å². The van der Waals surface area contributed by atoms with E-state index in [1.807, 2.05) is 0 Å². The lowest BCUT2D eigenvalue weighted by Gasteiger charge is -2.22. The summed E-state index contributed by atoms with van der Waals surface area (Å²) in [5.74, 6) is -0.132. The van der Waals surface area contributed by atoms with Gasteiger partial charge < -0.3 is 20.3 Å². The summed E-state index contributed by atoms with van der Waals surface area (Å²) in [5.41, 5.74) is 0. The van der Waals surface area contributed by atoms with E-state index in [0.29, 0.717) is 25.9 Å². The zero-order valence-corrected chi connectivity index (χ0v) is 44.9. The predicted molar refractivity (Wildman–Crippen MR) is 292 cm³/mol. The Balaban J connectivity index is 3.51. The second kappa shape index (κ2) is 56.7. The maximum absolute atomic E-state index is 12.5. The smallest absolute Gasteiger partial charge is 0.305 e. The molecule has 394 valence electrons. The van der Waals surface area contributed by atoms with E-state index in [1.54, 1.807) is 0 Å². The van der Waals surface area contributed by atoms with E-state index in [1.165, 1.54) is 205 Å². The molecule has 0 heterocycles. The molecule has 2 atom stereocenters. The first-order valence-electron chi connectivity index (χ1n) is 29.7. The Bertz CT molecular complexity index is 1090. The Morgan fingerprint density at radius 2 is 0.761 bits per heavy atom. The Morgan fingerprint density at radius 3 is 1.21 bits per heavy atom. The highest BCUT2D eigenvalue weighted by molar-refractivity contribution is 5.76. The number of carbonyl (C=O) groups excluding carboxylic acids is 2. The lowest BCUT2D eigenvalue weighted by atomic mass is 10.0. The fraction of sp³-hybridized carbons (Fsp3) is 0.869. The molecule has 0 spiro atoms. The molecule has 1 amide bonds. The Hall–Kier alpha value is -1.92. The van der Waals surface area contributed by atoms with Crippen LogP contribution in [-0.4, -0.2) is 47.4 Å². The largest absolute Gasteiger partial charge is 0.466 e. The van der Waals surface area contributed by atoms with Crippen LogP contribution in [0.5, 0.6) is 0 Å². The van der Waals surface area contributed by atoms with Crippen LogP contribution in [0.1, 0.15) is 316 Å². The average Bonchev–Trinajstić information content (AvgIpc) is 3.33. The van der Waals surface area contributed by atoms with Crippen LogP contribution in [0, 0.1) is 0 Å². The number of hydrogen-bond donors (Lipinski definition) is 3. The number of carbonyl (C=O) groups is 2. The molecule has 6 heteroatoms. The fourth-order valence-corrected chi connectivity index (χ4v) is 9.09. The second-order valence-electron chi connectivity index (χ2n) is 20.3. The molecule has 0 bridgehead atoms. The first kappa shape index (κ1) is 65.1. The molecule has 0 fully saturated rings. The molecule has 0 aliphatic heterocycles. The molecule has 3 N–H and O–H groups in total. The fourth-order valence-electron chi connectivity index (χ4n) is 9.09. The van der Waals surface area contributed by atoms with Crippen molar-refractivity contribution in [3.05, 3.63) is 36.5 Å². The maximum atomic E-state index is 12.5. The molecule has 0 saturated carbocycles. The Labute approximate surface area is 417 Å². The van der Waals surface area contributed by atoms with Crippen molar-refractivity contribution < 1.29 is 24.5 Å². The van der Waals surface area contributed by atoms with E-state index in [2.05, 4.69) is 55.6 Å². The molecule has 0 radical (unpaired) electrons. The van der Waals surface area contributed by atoms with Crippen LogP contribution in [0.15, 0.2) is 36.5 Å². The van der Waals surface area contributed by atoms with E-state index >= 15 is 0 Å². The van der Waals surface area contributed by atoms with Crippen LogP contribution < -0.4 is 5.32 Å². The zero-order chi connectivity index (χ0) is 48.6. The quantitative estimate of drug-likeness (QED) is 0.0321. The lowest BCUT2D eigenvalue weighted by Crippen LogP contribution is -2.45. The molecule has 6 nitrogen and oxygen atoms in total. The van der Waals surface area contributed by atoms with E-state index in [-0.39, 0.29) is 18.5 Å². The van der Waals surface area contributed by atoms with Crippen molar-refractivity contribution in [1.29, 1.82) is 0 Å². The summed E-state index contributed by atoms with van der Waals surface area (Å²) in [5, 5.41) is 23.3. The number of ether oxygens (including phenoxy) is 1. The van der Waals surface area contributed by atoms with Crippen LogP contribution in [0.2, 0.25) is 0 Å². The van der Waals surface area contributed by atoms with E-state index in [9.17, 15) is 19.8 Å².